The molecule has 0 spiro atoms. The zero-order valence-corrected chi connectivity index (χ0v) is 16.0. The molecule has 0 saturated carbocycles. The molecule has 0 amide bonds. The van der Waals surface area contributed by atoms with Gasteiger partial charge in [0.2, 0.25) is 0 Å². The smallest absolute Gasteiger partial charge is 0.176 e. The van der Waals surface area contributed by atoms with Crippen molar-refractivity contribution in [1.29, 1.82) is 5.26 Å². The van der Waals surface area contributed by atoms with Crippen LogP contribution in [0.3, 0.4) is 0 Å². The van der Waals surface area contributed by atoms with Crippen LogP contribution in [-0.4, -0.2) is 25.9 Å². The second kappa shape index (κ2) is 6.49. The average molecular weight is 381 g/mol. The fourth-order valence-electron chi connectivity index (χ4n) is 5.12. The highest BCUT2D eigenvalue weighted by Crippen LogP contribution is 2.54. The normalized spacial score (nSPS) is 25.5. The molecular weight excluding hydrogens is 362 g/mol. The lowest BCUT2D eigenvalue weighted by atomic mass is 9.54. The number of nitrogens with one attached hydrogen (secondary N) is 1. The highest BCUT2D eigenvalue weighted by molar-refractivity contribution is 6.02. The molecule has 2 heterocycles. The second-order valence-electron chi connectivity index (χ2n) is 7.76. The fourth-order valence-corrected chi connectivity index (χ4v) is 5.12. The Morgan fingerprint density at radius 1 is 1.21 bits per heavy atom. The summed E-state index contributed by atoms with van der Waals surface area (Å²) in [7, 11) is 0. The molecule has 1 N–H and O–H groups in total. The fraction of sp³-hybridized carbons (Fsp3) is 0.261. The van der Waals surface area contributed by atoms with Crippen molar-refractivity contribution in [2.24, 2.45) is 11.8 Å². The van der Waals surface area contributed by atoms with Gasteiger partial charge in [-0.1, -0.05) is 37.3 Å². The number of nitriles is 1. The van der Waals surface area contributed by atoms with Gasteiger partial charge in [0.1, 0.15) is 12.4 Å². The van der Waals surface area contributed by atoms with Gasteiger partial charge in [-0.25, -0.2) is 9.97 Å². The quantitative estimate of drug-likeness (QED) is 0.734. The lowest BCUT2D eigenvalue weighted by Gasteiger charge is -2.47. The number of carbonyl (C=O) groups excluding carboxylic acids is 1. The van der Waals surface area contributed by atoms with Gasteiger partial charge in [0.05, 0.1) is 22.4 Å². The van der Waals surface area contributed by atoms with Crippen LogP contribution in [0.25, 0.3) is 11.3 Å². The van der Waals surface area contributed by atoms with Crippen LogP contribution in [0, 0.1) is 23.2 Å². The van der Waals surface area contributed by atoms with Crippen LogP contribution in [0.1, 0.15) is 30.2 Å². The Bertz CT molecular complexity index is 1160. The summed E-state index contributed by atoms with van der Waals surface area (Å²) in [4.78, 5) is 21.0. The summed E-state index contributed by atoms with van der Waals surface area (Å²) in [6, 6.07) is 12.3. The Balaban J connectivity index is 1.82. The van der Waals surface area contributed by atoms with E-state index in [1.807, 2.05) is 31.2 Å². The molecule has 29 heavy (non-hydrogen) atoms. The van der Waals surface area contributed by atoms with Crippen LogP contribution in [0.2, 0.25) is 0 Å². The zero-order valence-electron chi connectivity index (χ0n) is 16.0. The number of H-pyrrole nitrogens is 1. The predicted molar refractivity (Wildman–Crippen MR) is 107 cm³/mol. The van der Waals surface area contributed by atoms with E-state index in [2.05, 4.69) is 38.4 Å². The Labute approximate surface area is 168 Å². The molecule has 6 nitrogen and oxygen atoms in total. The first-order valence-electron chi connectivity index (χ1n) is 9.72. The van der Waals surface area contributed by atoms with Gasteiger partial charge in [0.15, 0.2) is 5.78 Å². The number of rotatable bonds is 2. The summed E-state index contributed by atoms with van der Waals surface area (Å²) in [6.45, 7) is 1.95. The minimum Gasteiger partial charge on any atom is -0.293 e. The van der Waals surface area contributed by atoms with E-state index in [9.17, 15) is 10.1 Å². The van der Waals surface area contributed by atoms with E-state index in [-0.39, 0.29) is 23.2 Å². The standard InChI is InChI=1S/C23H19N5O/c1-14-19-8-7-18-20(16-11-25-13-26-12-16)27-28-22(18)23(19,9-15(10-24)21(14)29)17-5-3-2-4-6-17/h2-6,9,11-14,19H,7-8H2,1H3,(H,27,28)/t14-,19?,23+/m0/s1. The summed E-state index contributed by atoms with van der Waals surface area (Å²) >= 11 is 0. The van der Waals surface area contributed by atoms with E-state index in [1.54, 1.807) is 12.4 Å². The van der Waals surface area contributed by atoms with Gasteiger partial charge in [-0.05, 0) is 30.4 Å². The molecule has 0 bridgehead atoms. The molecular formula is C23H19N5O. The molecule has 3 aromatic rings. The zero-order chi connectivity index (χ0) is 20.0. The number of aromatic nitrogens is 4. The average Bonchev–Trinajstić information content (AvgIpc) is 3.22. The number of hydrogen-bond acceptors (Lipinski definition) is 5. The van der Waals surface area contributed by atoms with E-state index >= 15 is 0 Å². The monoisotopic (exact) mass is 381 g/mol. The first kappa shape index (κ1) is 17.5. The molecule has 0 fully saturated rings. The van der Waals surface area contributed by atoms with Crippen molar-refractivity contribution in [3.8, 4) is 17.3 Å². The molecule has 0 radical (unpaired) electrons. The molecule has 2 aliphatic carbocycles. The third-order valence-corrected chi connectivity index (χ3v) is 6.43. The van der Waals surface area contributed by atoms with Crippen molar-refractivity contribution in [1.82, 2.24) is 20.2 Å². The molecule has 1 unspecified atom stereocenters. The van der Waals surface area contributed by atoms with Crippen molar-refractivity contribution >= 4 is 5.78 Å². The van der Waals surface area contributed by atoms with Crippen LogP contribution in [0.4, 0.5) is 0 Å². The van der Waals surface area contributed by atoms with Gasteiger partial charge in [-0.3, -0.25) is 9.89 Å². The molecule has 0 saturated heterocycles. The summed E-state index contributed by atoms with van der Waals surface area (Å²) in [5.41, 5.74) is 4.47. The second-order valence-corrected chi connectivity index (χ2v) is 7.76. The maximum Gasteiger partial charge on any atom is 0.176 e. The first-order valence-corrected chi connectivity index (χ1v) is 9.72. The molecule has 1 aromatic carbocycles. The van der Waals surface area contributed by atoms with Crippen molar-refractivity contribution in [3.05, 3.63) is 77.5 Å². The van der Waals surface area contributed by atoms with Crippen LogP contribution in [-0.2, 0) is 16.6 Å². The molecule has 142 valence electrons. The van der Waals surface area contributed by atoms with E-state index < -0.39 is 5.41 Å². The van der Waals surface area contributed by atoms with Crippen LogP contribution in [0.15, 0.2) is 60.7 Å². The van der Waals surface area contributed by atoms with E-state index in [0.29, 0.717) is 0 Å². The van der Waals surface area contributed by atoms with E-state index in [0.717, 1.165) is 40.9 Å². The molecule has 2 aromatic heterocycles. The predicted octanol–water partition coefficient (Wildman–Crippen LogP) is 3.38. The van der Waals surface area contributed by atoms with Crippen molar-refractivity contribution < 1.29 is 4.79 Å². The maximum absolute atomic E-state index is 12.8. The van der Waals surface area contributed by atoms with Gasteiger partial charge < -0.3 is 0 Å². The lowest BCUT2D eigenvalue weighted by molar-refractivity contribution is -0.121. The van der Waals surface area contributed by atoms with Gasteiger partial charge in [0, 0.05) is 29.4 Å². The van der Waals surface area contributed by atoms with Crippen LogP contribution < -0.4 is 0 Å². The van der Waals surface area contributed by atoms with Gasteiger partial charge in [-0.15, -0.1) is 0 Å². The van der Waals surface area contributed by atoms with Gasteiger partial charge in [-0.2, -0.15) is 10.4 Å². The number of nitrogens with zero attached hydrogens (tertiary/aromatic N) is 4. The molecule has 2 aliphatic rings. The summed E-state index contributed by atoms with van der Waals surface area (Å²) < 4.78 is 0. The number of benzene rings is 1. The summed E-state index contributed by atoms with van der Waals surface area (Å²) in [5.74, 6) is -0.249. The third-order valence-electron chi connectivity index (χ3n) is 6.43. The molecule has 6 heteroatoms. The van der Waals surface area contributed by atoms with Gasteiger partial charge >= 0.3 is 0 Å². The Hall–Kier alpha value is -3.59. The number of aromatic amines is 1. The van der Waals surface area contributed by atoms with Crippen molar-refractivity contribution in [3.63, 3.8) is 0 Å². The number of allylic oxidation sites excluding steroid dienone is 2. The number of fused-ring (bicyclic) bond motifs is 3. The topological polar surface area (TPSA) is 95.3 Å². The minimum absolute atomic E-state index is 0.0577. The first-order chi connectivity index (χ1) is 14.2. The SMILES string of the molecule is C[C@@H]1C(=O)C(C#N)=C[C@]2(c3ccccc3)c3[nH]nc(-c4cncnc4)c3CCC12. The Kier molecular flexibility index (Phi) is 3.92. The van der Waals surface area contributed by atoms with E-state index in [4.69, 9.17) is 0 Å². The molecule has 0 aliphatic heterocycles. The number of ketones is 1. The lowest BCUT2D eigenvalue weighted by Crippen LogP contribution is -2.48. The summed E-state index contributed by atoms with van der Waals surface area (Å²) in [6.07, 6.45) is 8.53. The van der Waals surface area contributed by atoms with Crippen LogP contribution in [0.5, 0.6) is 0 Å². The highest BCUT2D eigenvalue weighted by Gasteiger charge is 2.53. The maximum atomic E-state index is 12.8. The van der Waals surface area contributed by atoms with Crippen molar-refractivity contribution in [2.45, 2.75) is 25.2 Å². The molecule has 5 rings (SSSR count). The largest absolute Gasteiger partial charge is 0.293 e. The number of carbonyl (C=O) groups is 1. The minimum atomic E-state index is -0.589. The Morgan fingerprint density at radius 2 is 1.97 bits per heavy atom. The number of hydrogen-bond donors (Lipinski definition) is 1. The van der Waals surface area contributed by atoms with Gasteiger partial charge in [0.25, 0.3) is 0 Å². The Morgan fingerprint density at radius 3 is 2.69 bits per heavy atom. The van der Waals surface area contributed by atoms with Crippen LogP contribution >= 0.6 is 0 Å². The van der Waals surface area contributed by atoms with Crippen molar-refractivity contribution in [2.75, 3.05) is 0 Å². The molecule has 3 atom stereocenters. The van der Waals surface area contributed by atoms with E-state index in [1.165, 1.54) is 6.33 Å². The number of Topliss-reactive ketones (excluding diaryl/α,β-unsaturated/α-hetero) is 1. The summed E-state index contributed by atoms with van der Waals surface area (Å²) in [5, 5.41) is 17.6. The third kappa shape index (κ3) is 2.40. The highest BCUT2D eigenvalue weighted by atomic mass is 16.1.